The number of hydrogen-bond donors (Lipinski definition) is 3. The molecular weight excluding hydrogens is 438 g/mol. The quantitative estimate of drug-likeness (QED) is 0.463. The van der Waals surface area contributed by atoms with E-state index in [4.69, 9.17) is 11.5 Å². The molecule has 9 heteroatoms. The number of nitrogens with one attached hydrogen (secondary N) is 1. The van der Waals surface area contributed by atoms with E-state index in [-0.39, 0.29) is 11.3 Å². The van der Waals surface area contributed by atoms with Crippen LogP contribution in [0, 0.1) is 23.5 Å². The number of rotatable bonds is 5. The Morgan fingerprint density at radius 2 is 1.91 bits per heavy atom. The number of piperazine rings is 1. The Morgan fingerprint density at radius 3 is 2.50 bits per heavy atom. The highest BCUT2D eigenvalue weighted by molar-refractivity contribution is 5.95. The predicted molar refractivity (Wildman–Crippen MR) is 127 cm³/mol. The average molecular weight is 465 g/mol. The van der Waals surface area contributed by atoms with E-state index in [0.29, 0.717) is 55.1 Å². The first kappa shape index (κ1) is 24.6. The van der Waals surface area contributed by atoms with Crippen LogP contribution in [0.1, 0.15) is 28.5 Å². The molecule has 1 aromatic heterocycles. The van der Waals surface area contributed by atoms with Crippen LogP contribution in [0.3, 0.4) is 0 Å². The van der Waals surface area contributed by atoms with Crippen LogP contribution in [0.5, 0.6) is 0 Å². The summed E-state index contributed by atoms with van der Waals surface area (Å²) >= 11 is 0. The lowest BCUT2D eigenvalue weighted by molar-refractivity contribution is 0.0726. The second kappa shape index (κ2) is 11.2. The highest BCUT2D eigenvalue weighted by atomic mass is 19.1. The molecule has 0 spiro atoms. The number of benzene rings is 1. The highest BCUT2D eigenvalue weighted by Crippen LogP contribution is 2.27. The summed E-state index contributed by atoms with van der Waals surface area (Å²) in [5, 5.41) is 3.10. The maximum absolute atomic E-state index is 15.0. The van der Waals surface area contributed by atoms with Gasteiger partial charge in [0.2, 0.25) is 0 Å². The molecule has 1 saturated heterocycles. The van der Waals surface area contributed by atoms with Crippen molar-refractivity contribution >= 4 is 5.91 Å². The van der Waals surface area contributed by atoms with Crippen molar-refractivity contribution in [2.45, 2.75) is 13.3 Å². The van der Waals surface area contributed by atoms with E-state index in [1.54, 1.807) is 12.2 Å². The Morgan fingerprint density at radius 1 is 1.24 bits per heavy atom. The van der Waals surface area contributed by atoms with Crippen LogP contribution in [0.15, 0.2) is 54.7 Å². The molecule has 2 heterocycles. The second-order valence-corrected chi connectivity index (χ2v) is 7.53. The second-order valence-electron chi connectivity index (χ2n) is 7.53. The third kappa shape index (κ3) is 5.66. The number of aryl methyl sites for hydroxylation is 1. The fraction of sp³-hybridized carbons (Fsp3) is 0.240. The standard InChI is InChI=1S/C25H26F2N6O/c1-3-22-19(7-6-17(14-28)5-4-16(2)29)24(32-15-31-22)18-12-20(26)23(21(27)13-18)25(34)33-10-8-30-9-11-33/h4-5,12-15,30H,2-3,8-11,28-29H2,1H3/b5-4-,17-14+. The lowest BCUT2D eigenvalue weighted by Gasteiger charge is -2.27. The molecule has 1 aliphatic rings. The molecule has 0 saturated carbocycles. The minimum atomic E-state index is -0.957. The van der Waals surface area contributed by atoms with Gasteiger partial charge in [-0.15, -0.1) is 0 Å². The van der Waals surface area contributed by atoms with E-state index in [2.05, 4.69) is 33.7 Å². The molecule has 1 fully saturated rings. The number of nitrogens with zero attached hydrogens (tertiary/aromatic N) is 3. The molecule has 0 atom stereocenters. The first-order valence-electron chi connectivity index (χ1n) is 10.7. The van der Waals surface area contributed by atoms with E-state index < -0.39 is 23.1 Å². The molecule has 5 N–H and O–H groups in total. The van der Waals surface area contributed by atoms with Crippen LogP contribution < -0.4 is 16.8 Å². The van der Waals surface area contributed by atoms with Crippen LogP contribution in [-0.2, 0) is 6.42 Å². The van der Waals surface area contributed by atoms with Gasteiger partial charge in [0, 0.05) is 49.2 Å². The van der Waals surface area contributed by atoms with Crippen molar-refractivity contribution in [3.05, 3.63) is 83.1 Å². The molecule has 0 radical (unpaired) electrons. The number of aromatic nitrogens is 2. The molecule has 2 aromatic rings. The van der Waals surface area contributed by atoms with E-state index >= 15 is 8.78 Å². The van der Waals surface area contributed by atoms with Crippen molar-refractivity contribution in [3.8, 4) is 23.1 Å². The van der Waals surface area contributed by atoms with E-state index in [1.165, 1.54) is 17.4 Å². The van der Waals surface area contributed by atoms with Crippen LogP contribution in [-0.4, -0.2) is 47.0 Å². The zero-order chi connectivity index (χ0) is 24.7. The first-order valence-corrected chi connectivity index (χ1v) is 10.7. The zero-order valence-electron chi connectivity index (χ0n) is 18.9. The van der Waals surface area contributed by atoms with Crippen molar-refractivity contribution in [3.63, 3.8) is 0 Å². The van der Waals surface area contributed by atoms with Gasteiger partial charge in [-0.05, 0) is 30.7 Å². The van der Waals surface area contributed by atoms with Gasteiger partial charge in [0.1, 0.15) is 23.5 Å². The molecule has 0 aliphatic carbocycles. The van der Waals surface area contributed by atoms with Crippen LogP contribution in [0.4, 0.5) is 8.78 Å². The summed E-state index contributed by atoms with van der Waals surface area (Å²) in [5.74, 6) is 3.27. The Kier molecular flexibility index (Phi) is 8.11. The predicted octanol–water partition coefficient (Wildman–Crippen LogP) is 2.25. The van der Waals surface area contributed by atoms with E-state index in [0.717, 1.165) is 12.1 Å². The van der Waals surface area contributed by atoms with Gasteiger partial charge in [-0.3, -0.25) is 4.79 Å². The van der Waals surface area contributed by atoms with Gasteiger partial charge < -0.3 is 21.7 Å². The fourth-order valence-corrected chi connectivity index (χ4v) is 3.45. The SMILES string of the molecule is C=C(N)/C=C\C(C#Cc1c(CC)ncnc1-c1cc(F)c(C(=O)N2CCNCC2)c(F)c1)=C/N. The Balaban J connectivity index is 2.05. The molecule has 1 aliphatic heterocycles. The van der Waals surface area contributed by atoms with Gasteiger partial charge in [0.15, 0.2) is 0 Å². The number of hydrogen-bond acceptors (Lipinski definition) is 6. The van der Waals surface area contributed by atoms with Crippen molar-refractivity contribution in [2.24, 2.45) is 11.5 Å². The number of nitrogens with two attached hydrogens (primary N) is 2. The van der Waals surface area contributed by atoms with Crippen LogP contribution >= 0.6 is 0 Å². The van der Waals surface area contributed by atoms with Gasteiger partial charge in [0.25, 0.3) is 5.91 Å². The lowest BCUT2D eigenvalue weighted by atomic mass is 10.0. The lowest BCUT2D eigenvalue weighted by Crippen LogP contribution is -2.46. The first-order chi connectivity index (χ1) is 16.3. The highest BCUT2D eigenvalue weighted by Gasteiger charge is 2.26. The van der Waals surface area contributed by atoms with Crippen molar-refractivity contribution < 1.29 is 13.6 Å². The van der Waals surface area contributed by atoms with Gasteiger partial charge >= 0.3 is 0 Å². The molecule has 3 rings (SSSR count). The molecule has 1 amide bonds. The number of amides is 1. The molecule has 1 aromatic carbocycles. The smallest absolute Gasteiger partial charge is 0.259 e. The van der Waals surface area contributed by atoms with E-state index in [9.17, 15) is 4.79 Å². The number of carbonyl (C=O) groups is 1. The molecule has 7 nitrogen and oxygen atoms in total. The summed E-state index contributed by atoms with van der Waals surface area (Å²) in [5.41, 5.74) is 12.8. The van der Waals surface area contributed by atoms with Crippen molar-refractivity contribution in [2.75, 3.05) is 26.2 Å². The molecule has 176 valence electrons. The number of allylic oxidation sites excluding steroid dienone is 3. The summed E-state index contributed by atoms with van der Waals surface area (Å²) in [6.07, 6.45) is 6.28. The third-order valence-electron chi connectivity index (χ3n) is 5.18. The topological polar surface area (TPSA) is 110 Å². The van der Waals surface area contributed by atoms with Crippen LogP contribution in [0.2, 0.25) is 0 Å². The summed E-state index contributed by atoms with van der Waals surface area (Å²) in [6.45, 7) is 7.37. The van der Waals surface area contributed by atoms with E-state index in [1.807, 2.05) is 6.92 Å². The molecule has 0 bridgehead atoms. The van der Waals surface area contributed by atoms with Gasteiger partial charge in [0.05, 0.1) is 17.0 Å². The Hall–Kier alpha value is -4.03. The Bertz CT molecular complexity index is 1200. The fourth-order valence-electron chi connectivity index (χ4n) is 3.45. The third-order valence-corrected chi connectivity index (χ3v) is 5.18. The average Bonchev–Trinajstić information content (AvgIpc) is 2.83. The normalized spacial score (nSPS) is 14.1. The van der Waals surface area contributed by atoms with Crippen LogP contribution in [0.25, 0.3) is 11.3 Å². The largest absolute Gasteiger partial charge is 0.404 e. The summed E-state index contributed by atoms with van der Waals surface area (Å²) in [6, 6.07) is 2.20. The zero-order valence-corrected chi connectivity index (χ0v) is 18.9. The minimum absolute atomic E-state index is 0.150. The van der Waals surface area contributed by atoms with Crippen molar-refractivity contribution in [1.82, 2.24) is 20.2 Å². The summed E-state index contributed by atoms with van der Waals surface area (Å²) in [4.78, 5) is 22.6. The van der Waals surface area contributed by atoms with Gasteiger partial charge in [-0.1, -0.05) is 25.3 Å². The summed E-state index contributed by atoms with van der Waals surface area (Å²) in [7, 11) is 0. The number of carbonyl (C=O) groups excluding carboxylic acids is 1. The minimum Gasteiger partial charge on any atom is -0.404 e. The molecule has 34 heavy (non-hydrogen) atoms. The molecular formula is C25H26F2N6O. The summed E-state index contributed by atoms with van der Waals surface area (Å²) < 4.78 is 30.0. The number of halogens is 2. The molecule has 0 unspecified atom stereocenters. The Labute approximate surface area is 197 Å². The maximum atomic E-state index is 15.0. The monoisotopic (exact) mass is 464 g/mol. The van der Waals surface area contributed by atoms with Gasteiger partial charge in [-0.2, -0.15) is 0 Å². The maximum Gasteiger partial charge on any atom is 0.259 e. The van der Waals surface area contributed by atoms with Crippen molar-refractivity contribution in [1.29, 1.82) is 0 Å². The van der Waals surface area contributed by atoms with Gasteiger partial charge in [-0.25, -0.2) is 18.7 Å².